The summed E-state index contributed by atoms with van der Waals surface area (Å²) in [5.41, 5.74) is 0.347. The highest BCUT2D eigenvalue weighted by atomic mass is 35.5. The molecule has 3 aliphatic rings. The molecule has 1 amide bonds. The summed E-state index contributed by atoms with van der Waals surface area (Å²) in [6.45, 7) is 5.98. The molecule has 19 heavy (non-hydrogen) atoms. The molecule has 0 radical (unpaired) electrons. The third-order valence-electron chi connectivity index (χ3n) is 4.23. The summed E-state index contributed by atoms with van der Waals surface area (Å²) >= 11 is 6.06. The SMILES string of the molecule is CCn1cc(Cl)c(C(=O)NC2CN3CCC2CC3)n1. The topological polar surface area (TPSA) is 50.2 Å². The van der Waals surface area contributed by atoms with Gasteiger partial charge in [-0.25, -0.2) is 0 Å². The number of hydrogen-bond donors (Lipinski definition) is 1. The Hall–Kier alpha value is -1.07. The van der Waals surface area contributed by atoms with Crippen LogP contribution in [0.1, 0.15) is 30.3 Å². The van der Waals surface area contributed by atoms with Crippen molar-refractivity contribution < 1.29 is 4.79 Å². The third kappa shape index (κ3) is 2.49. The number of carbonyl (C=O) groups excluding carboxylic acids is 1. The highest BCUT2D eigenvalue weighted by Crippen LogP contribution is 2.27. The highest BCUT2D eigenvalue weighted by molar-refractivity contribution is 6.33. The zero-order valence-corrected chi connectivity index (χ0v) is 11.9. The van der Waals surface area contributed by atoms with Crippen molar-refractivity contribution >= 4 is 17.5 Å². The van der Waals surface area contributed by atoms with Crippen molar-refractivity contribution in [3.63, 3.8) is 0 Å². The van der Waals surface area contributed by atoms with Gasteiger partial charge in [-0.2, -0.15) is 5.10 Å². The van der Waals surface area contributed by atoms with Crippen LogP contribution >= 0.6 is 11.6 Å². The minimum absolute atomic E-state index is 0.143. The summed E-state index contributed by atoms with van der Waals surface area (Å²) in [6.07, 6.45) is 4.07. The van der Waals surface area contributed by atoms with E-state index in [-0.39, 0.29) is 11.9 Å². The molecule has 6 heteroatoms. The molecule has 104 valence electrons. The fourth-order valence-corrected chi connectivity index (χ4v) is 3.31. The Bertz CT molecular complexity index is 479. The van der Waals surface area contributed by atoms with Gasteiger partial charge in [-0.1, -0.05) is 11.6 Å². The lowest BCUT2D eigenvalue weighted by molar-refractivity contribution is 0.0617. The predicted molar refractivity (Wildman–Crippen MR) is 73.3 cm³/mol. The lowest BCUT2D eigenvalue weighted by atomic mass is 9.84. The number of aryl methyl sites for hydroxylation is 1. The molecule has 3 saturated heterocycles. The van der Waals surface area contributed by atoms with Crippen molar-refractivity contribution in [2.45, 2.75) is 32.4 Å². The Morgan fingerprint density at radius 3 is 2.79 bits per heavy atom. The number of piperidine rings is 3. The molecule has 4 rings (SSSR count). The average molecular weight is 283 g/mol. The fraction of sp³-hybridized carbons (Fsp3) is 0.692. The second kappa shape index (κ2) is 5.13. The van der Waals surface area contributed by atoms with Crippen molar-refractivity contribution in [3.05, 3.63) is 16.9 Å². The summed E-state index contributed by atoms with van der Waals surface area (Å²) in [5.74, 6) is 0.469. The van der Waals surface area contributed by atoms with Crippen molar-refractivity contribution in [2.24, 2.45) is 5.92 Å². The minimum atomic E-state index is -0.143. The first kappa shape index (κ1) is 12.9. The monoisotopic (exact) mass is 282 g/mol. The highest BCUT2D eigenvalue weighted by Gasteiger charge is 2.35. The van der Waals surface area contributed by atoms with Crippen LogP contribution in [0, 0.1) is 5.92 Å². The van der Waals surface area contributed by atoms with E-state index < -0.39 is 0 Å². The normalized spacial score (nSPS) is 29.5. The lowest BCUT2D eigenvalue weighted by Crippen LogP contribution is -2.57. The van der Waals surface area contributed by atoms with E-state index in [1.54, 1.807) is 10.9 Å². The van der Waals surface area contributed by atoms with Crippen LogP contribution in [-0.4, -0.2) is 46.3 Å². The lowest BCUT2D eigenvalue weighted by Gasteiger charge is -2.44. The maximum Gasteiger partial charge on any atom is 0.273 e. The van der Waals surface area contributed by atoms with Crippen LogP contribution in [0.5, 0.6) is 0 Å². The van der Waals surface area contributed by atoms with Crippen LogP contribution < -0.4 is 5.32 Å². The quantitative estimate of drug-likeness (QED) is 0.911. The smallest absolute Gasteiger partial charge is 0.273 e. The molecule has 3 fully saturated rings. The van der Waals surface area contributed by atoms with Crippen LogP contribution in [-0.2, 0) is 6.54 Å². The minimum Gasteiger partial charge on any atom is -0.346 e. The number of carbonyl (C=O) groups is 1. The molecule has 0 aromatic carbocycles. The number of nitrogens with zero attached hydrogens (tertiary/aromatic N) is 3. The predicted octanol–water partition coefficient (Wildman–Crippen LogP) is 1.38. The second-order valence-electron chi connectivity index (χ2n) is 5.40. The van der Waals surface area contributed by atoms with Gasteiger partial charge in [-0.3, -0.25) is 9.48 Å². The molecule has 1 unspecified atom stereocenters. The van der Waals surface area contributed by atoms with E-state index in [1.807, 2.05) is 6.92 Å². The van der Waals surface area contributed by atoms with Crippen molar-refractivity contribution in [1.82, 2.24) is 20.0 Å². The van der Waals surface area contributed by atoms with Gasteiger partial charge in [-0.15, -0.1) is 0 Å². The Morgan fingerprint density at radius 2 is 2.26 bits per heavy atom. The molecule has 5 nitrogen and oxygen atoms in total. The molecule has 1 N–H and O–H groups in total. The van der Waals surface area contributed by atoms with Gasteiger partial charge < -0.3 is 10.2 Å². The summed E-state index contributed by atoms with van der Waals surface area (Å²) in [5, 5.41) is 7.75. The summed E-state index contributed by atoms with van der Waals surface area (Å²) < 4.78 is 1.69. The number of halogens is 1. The molecule has 0 saturated carbocycles. The van der Waals surface area contributed by atoms with Gasteiger partial charge in [0.05, 0.1) is 5.02 Å². The summed E-state index contributed by atoms with van der Waals surface area (Å²) in [7, 11) is 0. The summed E-state index contributed by atoms with van der Waals surface area (Å²) in [4.78, 5) is 14.7. The van der Waals surface area contributed by atoms with E-state index in [0.717, 1.165) is 6.54 Å². The van der Waals surface area contributed by atoms with Crippen molar-refractivity contribution in [2.75, 3.05) is 19.6 Å². The van der Waals surface area contributed by atoms with Crippen LogP contribution in [0.25, 0.3) is 0 Å². The molecule has 1 aromatic rings. The molecular weight excluding hydrogens is 264 g/mol. The van der Waals surface area contributed by atoms with Crippen LogP contribution in [0.3, 0.4) is 0 Å². The van der Waals surface area contributed by atoms with E-state index in [0.29, 0.717) is 23.2 Å². The van der Waals surface area contributed by atoms with Crippen molar-refractivity contribution in [3.8, 4) is 0 Å². The molecule has 0 aliphatic carbocycles. The zero-order chi connectivity index (χ0) is 13.4. The standard InChI is InChI=1S/C13H19ClN4O/c1-2-18-7-10(14)12(16-18)13(19)15-11-8-17-5-3-9(11)4-6-17/h7,9,11H,2-6,8H2,1H3,(H,15,19). The Kier molecular flexibility index (Phi) is 3.50. The maximum absolute atomic E-state index is 12.2. The molecule has 1 aromatic heterocycles. The van der Waals surface area contributed by atoms with Crippen LogP contribution in [0.4, 0.5) is 0 Å². The van der Waals surface area contributed by atoms with Crippen LogP contribution in [0.2, 0.25) is 5.02 Å². The van der Waals surface area contributed by atoms with Gasteiger partial charge >= 0.3 is 0 Å². The molecular formula is C13H19ClN4O. The van der Waals surface area contributed by atoms with E-state index in [2.05, 4.69) is 15.3 Å². The van der Waals surface area contributed by atoms with Gasteiger partial charge in [0.15, 0.2) is 5.69 Å². The molecule has 1 atom stereocenters. The molecule has 4 heterocycles. The number of amides is 1. The van der Waals surface area contributed by atoms with Gasteiger partial charge in [-0.05, 0) is 38.8 Å². The van der Waals surface area contributed by atoms with Gasteiger partial charge in [0, 0.05) is 25.3 Å². The third-order valence-corrected chi connectivity index (χ3v) is 4.51. The first-order valence-electron chi connectivity index (χ1n) is 6.93. The summed E-state index contributed by atoms with van der Waals surface area (Å²) in [6, 6.07) is 0.248. The maximum atomic E-state index is 12.2. The Balaban J connectivity index is 1.69. The van der Waals surface area contributed by atoms with Gasteiger partial charge in [0.1, 0.15) is 0 Å². The Morgan fingerprint density at radius 1 is 1.53 bits per heavy atom. The first-order valence-corrected chi connectivity index (χ1v) is 7.31. The number of aromatic nitrogens is 2. The number of rotatable bonds is 3. The number of nitrogens with one attached hydrogen (secondary N) is 1. The van der Waals surface area contributed by atoms with Gasteiger partial charge in [0.2, 0.25) is 0 Å². The molecule has 2 bridgehead atoms. The van der Waals surface area contributed by atoms with E-state index in [1.165, 1.54) is 25.9 Å². The number of fused-ring (bicyclic) bond motifs is 3. The van der Waals surface area contributed by atoms with Gasteiger partial charge in [0.25, 0.3) is 5.91 Å². The number of hydrogen-bond acceptors (Lipinski definition) is 3. The average Bonchev–Trinajstić information content (AvgIpc) is 2.81. The van der Waals surface area contributed by atoms with E-state index in [9.17, 15) is 4.79 Å². The molecule has 3 aliphatic heterocycles. The van der Waals surface area contributed by atoms with E-state index in [4.69, 9.17) is 11.6 Å². The Labute approximate surface area is 117 Å². The van der Waals surface area contributed by atoms with Crippen molar-refractivity contribution in [1.29, 1.82) is 0 Å². The first-order chi connectivity index (χ1) is 9.17. The molecule has 0 spiro atoms. The fourth-order valence-electron chi connectivity index (χ4n) is 3.08. The van der Waals surface area contributed by atoms with E-state index >= 15 is 0 Å². The second-order valence-corrected chi connectivity index (χ2v) is 5.81. The zero-order valence-electron chi connectivity index (χ0n) is 11.1. The largest absolute Gasteiger partial charge is 0.346 e. The van der Waals surface area contributed by atoms with Crippen LogP contribution in [0.15, 0.2) is 6.20 Å².